The number of amides is 5. The molecule has 264 valence electrons. The van der Waals surface area contributed by atoms with Gasteiger partial charge < -0.3 is 31.7 Å². The van der Waals surface area contributed by atoms with Crippen LogP contribution in [0.25, 0.3) is 0 Å². The molecule has 11 nitrogen and oxygen atoms in total. The molecule has 0 aliphatic carbocycles. The summed E-state index contributed by atoms with van der Waals surface area (Å²) in [4.78, 5) is 65.2. The number of aliphatic hydroxyl groups is 1. The average Bonchev–Trinajstić information content (AvgIpc) is 2.98. The van der Waals surface area contributed by atoms with Gasteiger partial charge in [0.05, 0.1) is 18.6 Å². The zero-order valence-corrected chi connectivity index (χ0v) is 30.5. The molecular weight excluding hydrogens is 639 g/mol. The van der Waals surface area contributed by atoms with E-state index in [1.807, 2.05) is 38.1 Å². The van der Waals surface area contributed by atoms with E-state index in [9.17, 15) is 29.1 Å². The zero-order valence-electron chi connectivity index (χ0n) is 28.9. The molecule has 1 aliphatic heterocycles. The largest absolute Gasteiger partial charge is 0.390 e. The molecule has 0 saturated heterocycles. The molecule has 0 fully saturated rings. The molecule has 13 heteroatoms. The number of rotatable bonds is 12. The Bertz CT molecular complexity index is 1200. The number of carbonyl (C=O) groups is 5. The van der Waals surface area contributed by atoms with E-state index in [2.05, 4.69) is 40.4 Å². The second kappa shape index (κ2) is 20.6. The van der Waals surface area contributed by atoms with Crippen molar-refractivity contribution in [3.8, 4) is 0 Å². The summed E-state index contributed by atoms with van der Waals surface area (Å²) < 4.78 is 0. The minimum Gasteiger partial charge on any atom is -0.390 e. The van der Waals surface area contributed by atoms with E-state index in [1.54, 1.807) is 20.8 Å². The van der Waals surface area contributed by atoms with Crippen molar-refractivity contribution in [2.45, 2.75) is 110 Å². The third-order valence-corrected chi connectivity index (χ3v) is 9.88. The quantitative estimate of drug-likeness (QED) is 0.195. The molecule has 47 heavy (non-hydrogen) atoms. The van der Waals surface area contributed by atoms with Gasteiger partial charge in [-0.2, -0.15) is 23.5 Å². The van der Waals surface area contributed by atoms with Gasteiger partial charge in [0.1, 0.15) is 18.1 Å². The Labute approximate surface area is 288 Å². The predicted molar refractivity (Wildman–Crippen MR) is 190 cm³/mol. The van der Waals surface area contributed by atoms with E-state index >= 15 is 0 Å². The molecule has 0 unspecified atom stereocenters. The van der Waals surface area contributed by atoms with Crippen molar-refractivity contribution in [2.24, 2.45) is 17.8 Å². The minimum atomic E-state index is -1.25. The van der Waals surface area contributed by atoms with Crippen LogP contribution in [0.15, 0.2) is 24.3 Å². The SMILES string of the molecule is CC(C)CCNC(=O)[C@H](C)NC(=O)C[C@H](O)[C@@H]1CSCc2ccccc2CSC[C@H](NC(=O)CC(C)C)C(=O)N[C@@H](C(C)C)C(=O)N1. The van der Waals surface area contributed by atoms with Crippen LogP contribution in [0.5, 0.6) is 0 Å². The highest BCUT2D eigenvalue weighted by Crippen LogP contribution is 2.23. The fourth-order valence-corrected chi connectivity index (χ4v) is 7.14. The van der Waals surface area contributed by atoms with E-state index in [4.69, 9.17) is 0 Å². The Morgan fingerprint density at radius 3 is 2.04 bits per heavy atom. The lowest BCUT2D eigenvalue weighted by Gasteiger charge is -2.29. The van der Waals surface area contributed by atoms with E-state index in [0.29, 0.717) is 35.5 Å². The summed E-state index contributed by atoms with van der Waals surface area (Å²) in [7, 11) is 0. The summed E-state index contributed by atoms with van der Waals surface area (Å²) >= 11 is 3.06. The van der Waals surface area contributed by atoms with Crippen LogP contribution in [0.3, 0.4) is 0 Å². The first kappa shape index (κ1) is 40.4. The first-order valence-corrected chi connectivity index (χ1v) is 18.9. The molecule has 0 bridgehead atoms. The first-order valence-electron chi connectivity index (χ1n) is 16.5. The van der Waals surface area contributed by atoms with Gasteiger partial charge in [0.15, 0.2) is 0 Å². The van der Waals surface area contributed by atoms with Crippen molar-refractivity contribution in [1.82, 2.24) is 26.6 Å². The number of fused-ring (bicyclic) bond motifs is 1. The lowest BCUT2D eigenvalue weighted by atomic mass is 10.0. The summed E-state index contributed by atoms with van der Waals surface area (Å²) in [5.74, 6) is 0.0979. The summed E-state index contributed by atoms with van der Waals surface area (Å²) in [6, 6.07) is 4.56. The van der Waals surface area contributed by atoms with Gasteiger partial charge in [-0.3, -0.25) is 24.0 Å². The number of thioether (sulfide) groups is 2. The van der Waals surface area contributed by atoms with Crippen LogP contribution in [-0.4, -0.2) is 83.0 Å². The topological polar surface area (TPSA) is 166 Å². The van der Waals surface area contributed by atoms with Crippen molar-refractivity contribution < 1.29 is 29.1 Å². The summed E-state index contributed by atoms with van der Waals surface area (Å²) in [5, 5.41) is 25.3. The Balaban J connectivity index is 2.25. The van der Waals surface area contributed by atoms with Crippen LogP contribution in [0.4, 0.5) is 0 Å². The maximum absolute atomic E-state index is 13.6. The molecule has 6 N–H and O–H groups in total. The molecule has 1 aromatic rings. The van der Waals surface area contributed by atoms with Gasteiger partial charge >= 0.3 is 0 Å². The highest BCUT2D eigenvalue weighted by atomic mass is 32.2. The molecular formula is C34H55N5O6S2. The summed E-state index contributed by atoms with van der Waals surface area (Å²) in [6.07, 6.45) is -0.489. The van der Waals surface area contributed by atoms with E-state index in [1.165, 1.54) is 23.5 Å². The number of nitrogens with one attached hydrogen (secondary N) is 5. The van der Waals surface area contributed by atoms with E-state index in [0.717, 1.165) is 17.5 Å². The lowest BCUT2D eigenvalue weighted by Crippen LogP contribution is -2.59. The fourth-order valence-electron chi connectivity index (χ4n) is 4.87. The average molecular weight is 694 g/mol. The van der Waals surface area contributed by atoms with Crippen LogP contribution in [0.1, 0.15) is 78.9 Å². The fraction of sp³-hybridized carbons (Fsp3) is 0.676. The number of benzene rings is 1. The standard InChI is InChI=1S/C34H55N5O6S2/c1-20(2)12-13-35-32(43)23(7)36-30(42)15-28(40)26-18-46-16-24-10-8-9-11-25(24)17-47-19-27(37-29(41)14-21(3)4)33(44)39-31(22(5)6)34(45)38-26/h8-11,20-23,26-28,31,40H,12-19H2,1-7H3,(H,35,43)(H,36,42)(H,37,41)(H,38,45)(H,39,44)/t23-,26-,27-,28-,31-/m0/s1. The summed E-state index contributed by atoms with van der Waals surface area (Å²) in [5.41, 5.74) is 2.17. The Morgan fingerprint density at radius 2 is 1.47 bits per heavy atom. The number of hydrogen-bond acceptors (Lipinski definition) is 8. The van der Waals surface area contributed by atoms with Crippen molar-refractivity contribution >= 4 is 53.1 Å². The van der Waals surface area contributed by atoms with Gasteiger partial charge in [-0.25, -0.2) is 0 Å². The third kappa shape index (κ3) is 14.9. The maximum atomic E-state index is 13.6. The minimum absolute atomic E-state index is 0.118. The number of carbonyl (C=O) groups excluding carboxylic acids is 5. The van der Waals surface area contributed by atoms with Gasteiger partial charge in [0, 0.05) is 36.0 Å². The van der Waals surface area contributed by atoms with Gasteiger partial charge in [-0.05, 0) is 42.2 Å². The van der Waals surface area contributed by atoms with Gasteiger partial charge in [-0.1, -0.05) is 65.8 Å². The predicted octanol–water partition coefficient (Wildman–Crippen LogP) is 2.74. The van der Waals surface area contributed by atoms with Gasteiger partial charge in [-0.15, -0.1) is 0 Å². The van der Waals surface area contributed by atoms with E-state index in [-0.39, 0.29) is 36.5 Å². The second-order valence-corrected chi connectivity index (χ2v) is 15.5. The maximum Gasteiger partial charge on any atom is 0.244 e. The molecule has 0 aromatic heterocycles. The van der Waals surface area contributed by atoms with Crippen LogP contribution < -0.4 is 26.6 Å². The molecule has 0 saturated carbocycles. The number of hydrogen-bond donors (Lipinski definition) is 6. The molecule has 5 amide bonds. The molecule has 0 spiro atoms. The normalized spacial score (nSPS) is 21.0. The Kier molecular flexibility index (Phi) is 17.7. The van der Waals surface area contributed by atoms with Crippen LogP contribution in [-0.2, 0) is 35.5 Å². The van der Waals surface area contributed by atoms with Crippen molar-refractivity contribution in [2.75, 3.05) is 18.1 Å². The molecule has 1 aliphatic rings. The lowest BCUT2D eigenvalue weighted by molar-refractivity contribution is -0.133. The Hall–Kier alpha value is -2.77. The highest BCUT2D eigenvalue weighted by Gasteiger charge is 2.32. The van der Waals surface area contributed by atoms with Crippen molar-refractivity contribution in [3.05, 3.63) is 35.4 Å². The van der Waals surface area contributed by atoms with Crippen LogP contribution in [0.2, 0.25) is 0 Å². The molecule has 2 rings (SSSR count). The third-order valence-electron chi connectivity index (χ3n) is 7.69. The zero-order chi connectivity index (χ0) is 35.1. The van der Waals surface area contributed by atoms with Gasteiger partial charge in [0.25, 0.3) is 0 Å². The summed E-state index contributed by atoms with van der Waals surface area (Å²) in [6.45, 7) is 13.7. The first-order chi connectivity index (χ1) is 22.2. The van der Waals surface area contributed by atoms with Gasteiger partial charge in [0.2, 0.25) is 29.5 Å². The van der Waals surface area contributed by atoms with E-state index < -0.39 is 48.0 Å². The molecule has 1 aromatic carbocycles. The number of aliphatic hydroxyl groups excluding tert-OH is 1. The van der Waals surface area contributed by atoms with Crippen LogP contribution in [0, 0.1) is 17.8 Å². The van der Waals surface area contributed by atoms with Crippen LogP contribution >= 0.6 is 23.5 Å². The molecule has 1 heterocycles. The second-order valence-electron chi connectivity index (χ2n) is 13.4. The molecule has 5 atom stereocenters. The molecule has 0 radical (unpaired) electrons. The Morgan fingerprint density at radius 1 is 0.851 bits per heavy atom. The van der Waals surface area contributed by atoms with Crippen molar-refractivity contribution in [1.29, 1.82) is 0 Å². The smallest absolute Gasteiger partial charge is 0.244 e. The monoisotopic (exact) mass is 693 g/mol. The highest BCUT2D eigenvalue weighted by molar-refractivity contribution is 7.98. The van der Waals surface area contributed by atoms with Crippen molar-refractivity contribution in [3.63, 3.8) is 0 Å².